The van der Waals surface area contributed by atoms with Gasteiger partial charge in [-0.15, -0.1) is 0 Å². The van der Waals surface area contributed by atoms with Crippen LogP contribution >= 0.6 is 0 Å². The van der Waals surface area contributed by atoms with Crippen LogP contribution in [0.25, 0.3) is 11.1 Å². The molecular formula is C30H35NO5. The maximum absolute atomic E-state index is 12.5. The fourth-order valence-electron chi connectivity index (χ4n) is 4.09. The lowest BCUT2D eigenvalue weighted by Crippen LogP contribution is -2.47. The number of carboxylic acid groups (broad SMARTS) is 1. The van der Waals surface area contributed by atoms with Gasteiger partial charge in [-0.05, 0) is 62.3 Å². The van der Waals surface area contributed by atoms with Crippen molar-refractivity contribution in [3.63, 3.8) is 0 Å². The summed E-state index contributed by atoms with van der Waals surface area (Å²) in [6, 6.07) is 26.5. The number of amides is 1. The summed E-state index contributed by atoms with van der Waals surface area (Å²) >= 11 is 0. The summed E-state index contributed by atoms with van der Waals surface area (Å²) < 4.78 is 5.37. The molecule has 0 bridgehead atoms. The maximum atomic E-state index is 12.5. The van der Waals surface area contributed by atoms with Crippen molar-refractivity contribution in [3.05, 3.63) is 96.1 Å². The fourth-order valence-corrected chi connectivity index (χ4v) is 4.09. The van der Waals surface area contributed by atoms with E-state index >= 15 is 0 Å². The third-order valence-electron chi connectivity index (χ3n) is 5.88. The van der Waals surface area contributed by atoms with Crippen LogP contribution in [0.15, 0.2) is 84.9 Å². The fraction of sp³-hybridized carbons (Fsp3) is 0.333. The van der Waals surface area contributed by atoms with Gasteiger partial charge in [0.2, 0.25) is 0 Å². The van der Waals surface area contributed by atoms with Crippen molar-refractivity contribution in [1.29, 1.82) is 0 Å². The van der Waals surface area contributed by atoms with Crippen LogP contribution in [-0.4, -0.2) is 40.0 Å². The molecule has 3 atom stereocenters. The number of benzene rings is 3. The second-order valence-electron chi connectivity index (χ2n) is 10.0. The Hall–Kier alpha value is -3.64. The number of hydrogen-bond acceptors (Lipinski definition) is 4. The summed E-state index contributed by atoms with van der Waals surface area (Å²) in [4.78, 5) is 24.6. The molecule has 0 spiro atoms. The first-order chi connectivity index (χ1) is 17.1. The van der Waals surface area contributed by atoms with Crippen LogP contribution in [0.4, 0.5) is 4.79 Å². The standard InChI is InChI=1S/C30H35NO5/c1-30(2,3)36-29(35)31-26(19-21-10-6-4-7-11-21)27(32)20-25(28(33)34)18-22-14-16-24(17-15-22)23-12-8-5-9-13-23/h4-17,25-27,32H,18-20H2,1-3H3,(H,31,35)(H,33,34)/t25-,26+,27+/m1/s1. The molecule has 0 aliphatic rings. The molecule has 190 valence electrons. The highest BCUT2D eigenvalue weighted by molar-refractivity contribution is 5.71. The van der Waals surface area contributed by atoms with Gasteiger partial charge in [0.05, 0.1) is 18.1 Å². The number of nitrogens with one attached hydrogen (secondary N) is 1. The maximum Gasteiger partial charge on any atom is 0.407 e. The number of aliphatic carboxylic acids is 1. The number of rotatable bonds is 10. The molecule has 3 aromatic rings. The van der Waals surface area contributed by atoms with Crippen molar-refractivity contribution >= 4 is 12.1 Å². The first-order valence-electron chi connectivity index (χ1n) is 12.2. The molecule has 1 amide bonds. The lowest BCUT2D eigenvalue weighted by atomic mass is 9.89. The minimum atomic E-state index is -1.08. The van der Waals surface area contributed by atoms with E-state index in [0.29, 0.717) is 6.42 Å². The monoisotopic (exact) mass is 489 g/mol. The molecule has 0 unspecified atom stereocenters. The molecule has 6 heteroatoms. The molecule has 0 aromatic heterocycles. The highest BCUT2D eigenvalue weighted by atomic mass is 16.6. The number of carboxylic acids is 1. The Labute approximate surface area is 212 Å². The lowest BCUT2D eigenvalue weighted by molar-refractivity contribution is -0.143. The van der Waals surface area contributed by atoms with E-state index in [4.69, 9.17) is 4.74 Å². The van der Waals surface area contributed by atoms with Crippen LogP contribution in [0.2, 0.25) is 0 Å². The zero-order valence-electron chi connectivity index (χ0n) is 21.1. The number of ether oxygens (including phenoxy) is 1. The summed E-state index contributed by atoms with van der Waals surface area (Å²) in [6.07, 6.45) is -1.12. The summed E-state index contributed by atoms with van der Waals surface area (Å²) in [5.74, 6) is -1.81. The molecule has 36 heavy (non-hydrogen) atoms. The Kier molecular flexibility index (Phi) is 9.25. The van der Waals surface area contributed by atoms with Gasteiger partial charge in [0.25, 0.3) is 0 Å². The molecule has 0 radical (unpaired) electrons. The predicted octanol–water partition coefficient (Wildman–Crippen LogP) is 5.48. The van der Waals surface area contributed by atoms with Gasteiger partial charge >= 0.3 is 12.1 Å². The van der Waals surface area contributed by atoms with E-state index in [0.717, 1.165) is 22.3 Å². The number of hydrogen-bond donors (Lipinski definition) is 3. The Morgan fingerprint density at radius 1 is 0.806 bits per heavy atom. The molecule has 0 aliphatic heterocycles. The van der Waals surface area contributed by atoms with Gasteiger partial charge < -0.3 is 20.3 Å². The molecule has 3 N–H and O–H groups in total. The molecule has 6 nitrogen and oxygen atoms in total. The first kappa shape index (κ1) is 27.0. The van der Waals surface area contributed by atoms with E-state index in [9.17, 15) is 19.8 Å². The quantitative estimate of drug-likeness (QED) is 0.350. The van der Waals surface area contributed by atoms with Crippen molar-refractivity contribution in [3.8, 4) is 11.1 Å². The second-order valence-corrected chi connectivity index (χ2v) is 10.0. The highest BCUT2D eigenvalue weighted by Gasteiger charge is 2.30. The topological polar surface area (TPSA) is 95.9 Å². The Bertz CT molecular complexity index is 1110. The van der Waals surface area contributed by atoms with E-state index in [1.54, 1.807) is 20.8 Å². The van der Waals surface area contributed by atoms with Crippen LogP contribution < -0.4 is 5.32 Å². The minimum absolute atomic E-state index is 0.0108. The minimum Gasteiger partial charge on any atom is -0.481 e. The van der Waals surface area contributed by atoms with E-state index in [1.807, 2.05) is 84.9 Å². The van der Waals surface area contributed by atoms with E-state index in [-0.39, 0.29) is 12.8 Å². The molecule has 3 aromatic carbocycles. The average molecular weight is 490 g/mol. The smallest absolute Gasteiger partial charge is 0.407 e. The van der Waals surface area contributed by atoms with E-state index in [1.165, 1.54) is 0 Å². The van der Waals surface area contributed by atoms with Gasteiger partial charge in [0.1, 0.15) is 5.60 Å². The molecule has 0 aliphatic carbocycles. The number of alkyl carbamates (subject to hydrolysis) is 1. The number of carbonyl (C=O) groups excluding carboxylic acids is 1. The van der Waals surface area contributed by atoms with Crippen LogP contribution in [0, 0.1) is 5.92 Å². The van der Waals surface area contributed by atoms with Crippen molar-refractivity contribution in [2.75, 3.05) is 0 Å². The van der Waals surface area contributed by atoms with Crippen molar-refractivity contribution in [2.24, 2.45) is 5.92 Å². The van der Waals surface area contributed by atoms with Crippen LogP contribution in [-0.2, 0) is 22.4 Å². The zero-order valence-corrected chi connectivity index (χ0v) is 21.1. The largest absolute Gasteiger partial charge is 0.481 e. The normalized spacial score (nSPS) is 13.9. The lowest BCUT2D eigenvalue weighted by Gasteiger charge is -2.28. The number of carbonyl (C=O) groups is 2. The average Bonchev–Trinajstić information content (AvgIpc) is 2.83. The van der Waals surface area contributed by atoms with Gasteiger partial charge in [-0.25, -0.2) is 4.79 Å². The molecule has 0 saturated heterocycles. The highest BCUT2D eigenvalue weighted by Crippen LogP contribution is 2.23. The van der Waals surface area contributed by atoms with Crippen molar-refractivity contribution in [1.82, 2.24) is 5.32 Å². The third-order valence-corrected chi connectivity index (χ3v) is 5.88. The molecule has 0 heterocycles. The first-order valence-corrected chi connectivity index (χ1v) is 12.2. The Balaban J connectivity index is 1.71. The molecular weight excluding hydrogens is 454 g/mol. The summed E-state index contributed by atoms with van der Waals surface area (Å²) in [5.41, 5.74) is 3.24. The van der Waals surface area contributed by atoms with Gasteiger partial charge in [-0.2, -0.15) is 0 Å². The Morgan fingerprint density at radius 2 is 1.33 bits per heavy atom. The number of aliphatic hydroxyl groups excluding tert-OH is 1. The van der Waals surface area contributed by atoms with Gasteiger partial charge in [-0.3, -0.25) is 4.79 Å². The summed E-state index contributed by atoms with van der Waals surface area (Å²) in [5, 5.41) is 23.7. The van der Waals surface area contributed by atoms with Crippen molar-refractivity contribution < 1.29 is 24.5 Å². The molecule has 3 rings (SSSR count). The molecule has 0 saturated carbocycles. The van der Waals surface area contributed by atoms with Crippen LogP contribution in [0.1, 0.15) is 38.3 Å². The van der Waals surface area contributed by atoms with E-state index < -0.39 is 35.7 Å². The van der Waals surface area contributed by atoms with Gasteiger partial charge in [0, 0.05) is 0 Å². The van der Waals surface area contributed by atoms with Crippen LogP contribution in [0.5, 0.6) is 0 Å². The Morgan fingerprint density at radius 3 is 1.89 bits per heavy atom. The second kappa shape index (κ2) is 12.4. The zero-order chi connectivity index (χ0) is 26.1. The SMILES string of the molecule is CC(C)(C)OC(=O)N[C@@H](Cc1ccccc1)[C@@H](O)C[C@@H](Cc1ccc(-c2ccccc2)cc1)C(=O)O. The predicted molar refractivity (Wildman–Crippen MR) is 141 cm³/mol. The van der Waals surface area contributed by atoms with Gasteiger partial charge in [0.15, 0.2) is 0 Å². The summed E-state index contributed by atoms with van der Waals surface area (Å²) in [6.45, 7) is 5.29. The third kappa shape index (κ3) is 8.54. The van der Waals surface area contributed by atoms with Crippen LogP contribution in [0.3, 0.4) is 0 Å². The van der Waals surface area contributed by atoms with Gasteiger partial charge in [-0.1, -0.05) is 84.9 Å². The molecule has 0 fully saturated rings. The number of aliphatic hydroxyl groups is 1. The van der Waals surface area contributed by atoms with E-state index in [2.05, 4.69) is 5.32 Å². The van der Waals surface area contributed by atoms with Crippen molar-refractivity contribution in [2.45, 2.75) is 57.8 Å². The summed E-state index contributed by atoms with van der Waals surface area (Å²) in [7, 11) is 0.